The summed E-state index contributed by atoms with van der Waals surface area (Å²) in [6, 6.07) is 19.3. The molecule has 0 aromatic heterocycles. The zero-order valence-electron chi connectivity index (χ0n) is 11.7. The van der Waals surface area contributed by atoms with E-state index in [9.17, 15) is 0 Å². The highest BCUT2D eigenvalue weighted by molar-refractivity contribution is 9.10. The van der Waals surface area contributed by atoms with Gasteiger partial charge in [-0.25, -0.2) is 0 Å². The third-order valence-electron chi connectivity index (χ3n) is 3.25. The monoisotopic (exact) mass is 349 g/mol. The smallest absolute Gasteiger partial charge is 0.0178 e. The summed E-state index contributed by atoms with van der Waals surface area (Å²) in [4.78, 5) is 1.35. The van der Waals surface area contributed by atoms with Crippen LogP contribution in [0.4, 0.5) is 0 Å². The lowest BCUT2D eigenvalue weighted by atomic mass is 9.96. The topological polar surface area (TPSA) is 12.0 Å². The first-order valence-corrected chi connectivity index (χ1v) is 8.65. The lowest BCUT2D eigenvalue weighted by Crippen LogP contribution is -2.17. The van der Waals surface area contributed by atoms with Crippen molar-refractivity contribution in [1.29, 1.82) is 0 Å². The summed E-state index contributed by atoms with van der Waals surface area (Å²) >= 11 is 5.49. The fraction of sp³-hybridized carbons (Fsp3) is 0.294. The van der Waals surface area contributed by atoms with Gasteiger partial charge < -0.3 is 5.32 Å². The lowest BCUT2D eigenvalue weighted by Gasteiger charge is -2.17. The Hall–Kier alpha value is -0.770. The molecule has 0 bridgehead atoms. The molecule has 1 N–H and O–H groups in total. The molecule has 0 spiro atoms. The van der Waals surface area contributed by atoms with Crippen molar-refractivity contribution in [2.75, 3.05) is 19.3 Å². The highest BCUT2D eigenvalue weighted by atomic mass is 79.9. The van der Waals surface area contributed by atoms with Gasteiger partial charge in [0.15, 0.2) is 0 Å². The van der Waals surface area contributed by atoms with Crippen LogP contribution in [-0.2, 0) is 0 Å². The zero-order chi connectivity index (χ0) is 14.2. The molecule has 0 aliphatic rings. The highest BCUT2D eigenvalue weighted by Crippen LogP contribution is 2.26. The van der Waals surface area contributed by atoms with E-state index in [2.05, 4.69) is 75.8 Å². The largest absolute Gasteiger partial charge is 0.319 e. The first kappa shape index (κ1) is 15.6. The van der Waals surface area contributed by atoms with Crippen LogP contribution in [0.5, 0.6) is 0 Å². The zero-order valence-corrected chi connectivity index (χ0v) is 14.1. The van der Waals surface area contributed by atoms with Gasteiger partial charge in [-0.05, 0) is 55.0 Å². The minimum atomic E-state index is 0.564. The van der Waals surface area contributed by atoms with E-state index in [4.69, 9.17) is 0 Å². The Morgan fingerprint density at radius 2 is 1.90 bits per heavy atom. The number of halogens is 1. The number of rotatable bonds is 7. The van der Waals surface area contributed by atoms with E-state index in [1.165, 1.54) is 16.9 Å². The SMILES string of the molecule is CNCC(CCSc1ccccc1)c1cccc(Br)c1. The number of thioether (sulfide) groups is 1. The number of hydrogen-bond acceptors (Lipinski definition) is 2. The molecular weight excluding hydrogens is 330 g/mol. The number of benzene rings is 2. The molecule has 0 aliphatic carbocycles. The second kappa shape index (κ2) is 8.50. The Morgan fingerprint density at radius 1 is 1.10 bits per heavy atom. The van der Waals surface area contributed by atoms with Crippen LogP contribution in [0.15, 0.2) is 64.0 Å². The van der Waals surface area contributed by atoms with Gasteiger partial charge in [-0.3, -0.25) is 0 Å². The van der Waals surface area contributed by atoms with E-state index in [1.54, 1.807) is 0 Å². The van der Waals surface area contributed by atoms with Gasteiger partial charge >= 0.3 is 0 Å². The minimum Gasteiger partial charge on any atom is -0.319 e. The van der Waals surface area contributed by atoms with Crippen molar-refractivity contribution in [3.05, 3.63) is 64.6 Å². The lowest BCUT2D eigenvalue weighted by molar-refractivity contribution is 0.615. The normalized spacial score (nSPS) is 12.3. The second-order valence-electron chi connectivity index (χ2n) is 4.76. The maximum absolute atomic E-state index is 3.56. The van der Waals surface area contributed by atoms with Crippen molar-refractivity contribution in [2.45, 2.75) is 17.2 Å². The molecule has 2 rings (SSSR count). The van der Waals surface area contributed by atoms with E-state index in [1.807, 2.05) is 18.8 Å². The first-order chi connectivity index (χ1) is 9.79. The minimum absolute atomic E-state index is 0.564. The Bertz CT molecular complexity index is 515. The van der Waals surface area contributed by atoms with Gasteiger partial charge in [0.25, 0.3) is 0 Å². The summed E-state index contributed by atoms with van der Waals surface area (Å²) in [6.07, 6.45) is 1.18. The molecule has 0 amide bonds. The second-order valence-corrected chi connectivity index (χ2v) is 6.84. The number of hydrogen-bond donors (Lipinski definition) is 1. The quantitative estimate of drug-likeness (QED) is 0.711. The van der Waals surface area contributed by atoms with Crippen LogP contribution in [0, 0.1) is 0 Å². The fourth-order valence-electron chi connectivity index (χ4n) is 2.23. The predicted molar refractivity (Wildman–Crippen MR) is 92.6 cm³/mol. The van der Waals surface area contributed by atoms with E-state index in [0.717, 1.165) is 16.8 Å². The summed E-state index contributed by atoms with van der Waals surface area (Å²) in [5.41, 5.74) is 1.40. The molecule has 1 nitrogen and oxygen atoms in total. The fourth-order valence-corrected chi connectivity index (χ4v) is 3.63. The third kappa shape index (κ3) is 4.97. The van der Waals surface area contributed by atoms with Crippen LogP contribution >= 0.6 is 27.7 Å². The van der Waals surface area contributed by atoms with E-state index in [0.29, 0.717) is 5.92 Å². The van der Waals surface area contributed by atoms with Crippen LogP contribution in [-0.4, -0.2) is 19.3 Å². The van der Waals surface area contributed by atoms with Crippen LogP contribution < -0.4 is 5.32 Å². The van der Waals surface area contributed by atoms with E-state index in [-0.39, 0.29) is 0 Å². The molecule has 0 radical (unpaired) electrons. The van der Waals surface area contributed by atoms with Crippen LogP contribution in [0.1, 0.15) is 17.9 Å². The molecule has 1 unspecified atom stereocenters. The van der Waals surface area contributed by atoms with E-state index < -0.39 is 0 Å². The molecule has 0 saturated heterocycles. The summed E-state index contributed by atoms with van der Waals surface area (Å²) in [5, 5.41) is 3.31. The molecule has 106 valence electrons. The van der Waals surface area contributed by atoms with Crippen molar-refractivity contribution in [3.8, 4) is 0 Å². The van der Waals surface area contributed by atoms with Gasteiger partial charge in [-0.2, -0.15) is 0 Å². The Kier molecular flexibility index (Phi) is 6.64. The van der Waals surface area contributed by atoms with Crippen LogP contribution in [0.3, 0.4) is 0 Å². The van der Waals surface area contributed by atoms with Gasteiger partial charge in [0.2, 0.25) is 0 Å². The number of nitrogens with one attached hydrogen (secondary N) is 1. The molecule has 20 heavy (non-hydrogen) atoms. The molecule has 0 heterocycles. The maximum Gasteiger partial charge on any atom is 0.0178 e. The summed E-state index contributed by atoms with van der Waals surface area (Å²) < 4.78 is 1.16. The summed E-state index contributed by atoms with van der Waals surface area (Å²) in [7, 11) is 2.02. The number of likely N-dealkylation sites (N-methyl/N-ethyl adjacent to an activating group) is 1. The predicted octanol–water partition coefficient (Wildman–Crippen LogP) is 4.93. The molecule has 1 atom stereocenters. The van der Waals surface area contributed by atoms with Gasteiger partial charge in [0, 0.05) is 15.9 Å². The van der Waals surface area contributed by atoms with Crippen molar-refractivity contribution in [1.82, 2.24) is 5.32 Å². The maximum atomic E-state index is 3.56. The van der Waals surface area contributed by atoms with E-state index >= 15 is 0 Å². The van der Waals surface area contributed by atoms with Gasteiger partial charge in [-0.15, -0.1) is 11.8 Å². The van der Waals surface area contributed by atoms with Crippen molar-refractivity contribution in [3.63, 3.8) is 0 Å². The Balaban J connectivity index is 1.92. The first-order valence-electron chi connectivity index (χ1n) is 6.87. The van der Waals surface area contributed by atoms with Crippen molar-refractivity contribution < 1.29 is 0 Å². The highest BCUT2D eigenvalue weighted by Gasteiger charge is 2.11. The van der Waals surface area contributed by atoms with Gasteiger partial charge in [-0.1, -0.05) is 46.3 Å². The third-order valence-corrected chi connectivity index (χ3v) is 4.79. The van der Waals surface area contributed by atoms with Gasteiger partial charge in [0.1, 0.15) is 0 Å². The Labute approximate surface area is 134 Å². The molecule has 2 aromatic carbocycles. The molecule has 2 aromatic rings. The van der Waals surface area contributed by atoms with Crippen LogP contribution in [0.25, 0.3) is 0 Å². The average molecular weight is 350 g/mol. The van der Waals surface area contributed by atoms with Crippen molar-refractivity contribution in [2.24, 2.45) is 0 Å². The molecule has 3 heteroatoms. The molecule has 0 aliphatic heterocycles. The van der Waals surface area contributed by atoms with Crippen LogP contribution in [0.2, 0.25) is 0 Å². The summed E-state index contributed by atoms with van der Waals surface area (Å²) in [6.45, 7) is 1.02. The van der Waals surface area contributed by atoms with Gasteiger partial charge in [0.05, 0.1) is 0 Å². The molecular formula is C17H20BrNS. The Morgan fingerprint density at radius 3 is 2.60 bits per heavy atom. The van der Waals surface area contributed by atoms with Crippen molar-refractivity contribution >= 4 is 27.7 Å². The molecule has 0 fully saturated rings. The molecule has 0 saturated carbocycles. The average Bonchev–Trinajstić information content (AvgIpc) is 2.47. The standard InChI is InChI=1S/C17H20BrNS/c1-19-13-15(14-6-5-7-16(18)12-14)10-11-20-17-8-3-2-4-9-17/h2-9,12,15,19H,10-11,13H2,1H3. The summed E-state index contributed by atoms with van der Waals surface area (Å²) in [5.74, 6) is 1.71.